The van der Waals surface area contributed by atoms with Crippen LogP contribution in [0.15, 0.2) is 29.2 Å². The molecule has 0 saturated carbocycles. The monoisotopic (exact) mass is 285 g/mol. The normalized spacial score (nSPS) is 11.6. The van der Waals surface area contributed by atoms with Crippen LogP contribution < -0.4 is 5.32 Å². The van der Waals surface area contributed by atoms with Crippen molar-refractivity contribution in [1.29, 1.82) is 0 Å². The summed E-state index contributed by atoms with van der Waals surface area (Å²) < 4.78 is 20.6. The molecule has 1 aromatic rings. The molecule has 2 N–H and O–H groups in total. The molecule has 0 saturated heterocycles. The van der Waals surface area contributed by atoms with Crippen LogP contribution in [0.1, 0.15) is 45.1 Å². The van der Waals surface area contributed by atoms with E-state index in [1.807, 2.05) is 6.92 Å². The van der Waals surface area contributed by atoms with Gasteiger partial charge in [0.15, 0.2) is 0 Å². The Kier molecular flexibility index (Phi) is 11.9. The first-order chi connectivity index (χ1) is 9.11. The SMILES string of the molecule is CCCC[NH2+]CCCC.Cc1ccc(S(=O)[O-])cc1. The van der Waals surface area contributed by atoms with Gasteiger partial charge in [-0.2, -0.15) is 0 Å². The quantitative estimate of drug-likeness (QED) is 0.618. The maximum absolute atomic E-state index is 10.3. The van der Waals surface area contributed by atoms with Crippen LogP contribution in [0, 0.1) is 6.92 Å². The number of nitrogens with two attached hydrogens (primary N) is 1. The molecule has 0 spiro atoms. The van der Waals surface area contributed by atoms with Gasteiger partial charge in [0.1, 0.15) is 0 Å². The van der Waals surface area contributed by atoms with E-state index in [-0.39, 0.29) is 0 Å². The standard InChI is InChI=1S/C8H19N.C7H8O2S/c1-3-5-7-9-8-6-4-2;1-6-2-4-7(5-3-6)10(8)9/h9H,3-8H2,1-2H3;2-5H,1H3,(H,8,9). The van der Waals surface area contributed by atoms with E-state index in [2.05, 4.69) is 19.2 Å². The van der Waals surface area contributed by atoms with Gasteiger partial charge in [-0.05, 0) is 43.0 Å². The van der Waals surface area contributed by atoms with Crippen molar-refractivity contribution in [3.8, 4) is 0 Å². The summed E-state index contributed by atoms with van der Waals surface area (Å²) in [5.74, 6) is 0. The molecule has 4 heteroatoms. The summed E-state index contributed by atoms with van der Waals surface area (Å²) >= 11 is -2.09. The molecule has 1 unspecified atom stereocenters. The molecule has 0 amide bonds. The molecular weight excluding hydrogens is 258 g/mol. The van der Waals surface area contributed by atoms with Gasteiger partial charge in [0, 0.05) is 4.90 Å². The molecule has 1 atom stereocenters. The van der Waals surface area contributed by atoms with Crippen LogP contribution in [-0.2, 0) is 11.1 Å². The van der Waals surface area contributed by atoms with Crippen LogP contribution >= 0.6 is 0 Å². The summed E-state index contributed by atoms with van der Waals surface area (Å²) in [6.45, 7) is 9.06. The van der Waals surface area contributed by atoms with Crippen LogP contribution in [0.4, 0.5) is 0 Å². The average Bonchev–Trinajstić information content (AvgIpc) is 2.40. The number of hydrogen-bond acceptors (Lipinski definition) is 2. The molecule has 0 aliphatic rings. The smallest absolute Gasteiger partial charge is 0.0755 e. The molecule has 1 aromatic carbocycles. The molecule has 1 rings (SSSR count). The van der Waals surface area contributed by atoms with Crippen molar-refractivity contribution in [2.75, 3.05) is 13.1 Å². The Bertz CT molecular complexity index is 333. The van der Waals surface area contributed by atoms with Gasteiger partial charge in [-0.1, -0.05) is 44.4 Å². The second kappa shape index (κ2) is 12.3. The van der Waals surface area contributed by atoms with Crippen molar-refractivity contribution in [3.05, 3.63) is 29.8 Å². The van der Waals surface area contributed by atoms with E-state index < -0.39 is 11.1 Å². The molecule has 0 aromatic heterocycles. The van der Waals surface area contributed by atoms with Crippen molar-refractivity contribution in [2.45, 2.75) is 51.3 Å². The van der Waals surface area contributed by atoms with E-state index in [9.17, 15) is 8.76 Å². The topological polar surface area (TPSA) is 56.7 Å². The first-order valence-electron chi connectivity index (χ1n) is 7.09. The Morgan fingerprint density at radius 2 is 1.53 bits per heavy atom. The summed E-state index contributed by atoms with van der Waals surface area (Å²) in [6.07, 6.45) is 5.43. The van der Waals surface area contributed by atoms with Crippen molar-refractivity contribution in [3.63, 3.8) is 0 Å². The third-order valence-corrected chi connectivity index (χ3v) is 3.39. The minimum Gasteiger partial charge on any atom is -0.768 e. The van der Waals surface area contributed by atoms with E-state index in [0.717, 1.165) is 5.56 Å². The highest BCUT2D eigenvalue weighted by atomic mass is 32.2. The maximum Gasteiger partial charge on any atom is 0.0755 e. The van der Waals surface area contributed by atoms with E-state index in [0.29, 0.717) is 4.90 Å². The molecule has 0 fully saturated rings. The van der Waals surface area contributed by atoms with Gasteiger partial charge in [-0.15, -0.1) is 0 Å². The lowest BCUT2D eigenvalue weighted by Crippen LogP contribution is -2.84. The fourth-order valence-electron chi connectivity index (χ4n) is 1.49. The molecule has 0 bridgehead atoms. The van der Waals surface area contributed by atoms with Crippen LogP contribution in [-0.4, -0.2) is 21.9 Å². The zero-order chi connectivity index (χ0) is 14.5. The number of benzene rings is 1. The minimum absolute atomic E-state index is 0.339. The number of aryl methyl sites for hydroxylation is 1. The van der Waals surface area contributed by atoms with Crippen LogP contribution in [0.5, 0.6) is 0 Å². The Hall–Kier alpha value is -0.710. The molecule has 0 aliphatic carbocycles. The van der Waals surface area contributed by atoms with Gasteiger partial charge in [-0.25, -0.2) is 0 Å². The first-order valence-corrected chi connectivity index (χ1v) is 8.16. The number of unbranched alkanes of at least 4 members (excludes halogenated alkanes) is 2. The van der Waals surface area contributed by atoms with Gasteiger partial charge >= 0.3 is 0 Å². The summed E-state index contributed by atoms with van der Waals surface area (Å²) in [6, 6.07) is 6.70. The van der Waals surface area contributed by atoms with Gasteiger partial charge in [-0.3, -0.25) is 4.21 Å². The highest BCUT2D eigenvalue weighted by Gasteiger charge is 1.88. The van der Waals surface area contributed by atoms with Crippen LogP contribution in [0.3, 0.4) is 0 Å². The zero-order valence-electron chi connectivity index (χ0n) is 12.4. The van der Waals surface area contributed by atoms with Gasteiger partial charge in [0.2, 0.25) is 0 Å². The Morgan fingerprint density at radius 1 is 1.05 bits per heavy atom. The second-order valence-electron chi connectivity index (χ2n) is 4.62. The minimum atomic E-state index is -2.09. The van der Waals surface area contributed by atoms with Crippen molar-refractivity contribution in [2.24, 2.45) is 0 Å². The lowest BCUT2D eigenvalue weighted by molar-refractivity contribution is -0.655. The van der Waals surface area contributed by atoms with E-state index in [1.165, 1.54) is 38.8 Å². The summed E-state index contributed by atoms with van der Waals surface area (Å²) in [5.41, 5.74) is 1.06. The van der Waals surface area contributed by atoms with Gasteiger partial charge in [0.25, 0.3) is 0 Å². The number of rotatable bonds is 7. The largest absolute Gasteiger partial charge is 0.768 e. The maximum atomic E-state index is 10.3. The Labute approximate surface area is 120 Å². The van der Waals surface area contributed by atoms with Crippen LogP contribution in [0.2, 0.25) is 0 Å². The van der Waals surface area contributed by atoms with Gasteiger partial charge in [0.05, 0.1) is 13.1 Å². The van der Waals surface area contributed by atoms with E-state index in [1.54, 1.807) is 24.3 Å². The lowest BCUT2D eigenvalue weighted by atomic mass is 10.2. The van der Waals surface area contributed by atoms with Crippen molar-refractivity contribution in [1.82, 2.24) is 0 Å². The highest BCUT2D eigenvalue weighted by molar-refractivity contribution is 7.79. The predicted molar refractivity (Wildman–Crippen MR) is 79.8 cm³/mol. The van der Waals surface area contributed by atoms with Gasteiger partial charge < -0.3 is 9.87 Å². The molecule has 0 aliphatic heterocycles. The van der Waals surface area contributed by atoms with Crippen molar-refractivity contribution < 1.29 is 14.1 Å². The first kappa shape index (κ1) is 18.3. The molecular formula is C15H27NO2S. The van der Waals surface area contributed by atoms with E-state index in [4.69, 9.17) is 0 Å². The summed E-state index contributed by atoms with van der Waals surface area (Å²) in [5, 5.41) is 2.42. The molecule has 3 nitrogen and oxygen atoms in total. The zero-order valence-corrected chi connectivity index (χ0v) is 13.2. The fourth-order valence-corrected chi connectivity index (χ4v) is 1.85. The van der Waals surface area contributed by atoms with Crippen molar-refractivity contribution >= 4 is 11.1 Å². The number of hydrogen-bond donors (Lipinski definition) is 1. The highest BCUT2D eigenvalue weighted by Crippen LogP contribution is 2.05. The molecule has 0 radical (unpaired) electrons. The van der Waals surface area contributed by atoms with Crippen LogP contribution in [0.25, 0.3) is 0 Å². The number of quaternary nitrogens is 1. The fraction of sp³-hybridized carbons (Fsp3) is 0.600. The molecule has 110 valence electrons. The second-order valence-corrected chi connectivity index (χ2v) is 5.56. The van der Waals surface area contributed by atoms with E-state index >= 15 is 0 Å². The average molecular weight is 285 g/mol. The summed E-state index contributed by atoms with van der Waals surface area (Å²) in [4.78, 5) is 0.339. The Balaban J connectivity index is 0.000000344. The third kappa shape index (κ3) is 10.9. The predicted octanol–water partition coefficient (Wildman–Crippen LogP) is 2.38. The lowest BCUT2D eigenvalue weighted by Gasteiger charge is -2.03. The summed E-state index contributed by atoms with van der Waals surface area (Å²) in [7, 11) is 0. The Morgan fingerprint density at radius 3 is 1.89 bits per heavy atom. The third-order valence-electron chi connectivity index (χ3n) is 2.74. The molecule has 19 heavy (non-hydrogen) atoms. The molecule has 0 heterocycles.